The fraction of sp³-hybridized carbons (Fsp3) is 0.333. The molecule has 0 aliphatic rings. The zero-order valence-electron chi connectivity index (χ0n) is 14.1. The number of nitrogens with one attached hydrogen (secondary N) is 1. The molecule has 1 aromatic carbocycles. The fourth-order valence-corrected chi connectivity index (χ4v) is 2.07. The molecule has 1 N–H and O–H groups in total. The van der Waals surface area contributed by atoms with Crippen LogP contribution in [0, 0.1) is 5.92 Å². The monoisotopic (exact) mass is 365 g/mol. The van der Waals surface area contributed by atoms with Crippen LogP contribution in [0.4, 0.5) is 10.5 Å². The van der Waals surface area contributed by atoms with E-state index in [2.05, 4.69) is 19.2 Å². The van der Waals surface area contributed by atoms with Gasteiger partial charge in [-0.25, -0.2) is 4.79 Å². The van der Waals surface area contributed by atoms with Gasteiger partial charge in [0.2, 0.25) is 11.2 Å². The molecule has 0 aliphatic carbocycles. The first-order chi connectivity index (χ1) is 11.9. The number of ether oxygens (including phenoxy) is 2. The summed E-state index contributed by atoms with van der Waals surface area (Å²) < 4.78 is 15.7. The van der Waals surface area contributed by atoms with Crippen LogP contribution in [0.5, 0.6) is 5.75 Å². The molecule has 0 bridgehead atoms. The van der Waals surface area contributed by atoms with Crippen molar-refractivity contribution in [1.82, 2.24) is 0 Å². The van der Waals surface area contributed by atoms with Crippen LogP contribution in [-0.4, -0.2) is 12.7 Å². The minimum absolute atomic E-state index is 0.146. The third-order valence-corrected chi connectivity index (χ3v) is 3.46. The number of carbonyl (C=O) groups is 1. The third kappa shape index (κ3) is 6.51. The minimum Gasteiger partial charge on any atom is -0.487 e. The van der Waals surface area contributed by atoms with Crippen LogP contribution >= 0.6 is 11.6 Å². The molecule has 25 heavy (non-hydrogen) atoms. The van der Waals surface area contributed by atoms with Crippen molar-refractivity contribution in [2.24, 2.45) is 5.92 Å². The Balaban J connectivity index is 1.85. The number of amides is 1. The van der Waals surface area contributed by atoms with Gasteiger partial charge in [0.05, 0.1) is 6.61 Å². The van der Waals surface area contributed by atoms with Gasteiger partial charge in [0.25, 0.3) is 0 Å². The van der Waals surface area contributed by atoms with Crippen LogP contribution < -0.4 is 15.5 Å². The van der Waals surface area contributed by atoms with Crippen LogP contribution in [0.15, 0.2) is 45.8 Å². The molecular formula is C18H20ClNO5. The summed E-state index contributed by atoms with van der Waals surface area (Å²) >= 11 is 5.83. The van der Waals surface area contributed by atoms with E-state index in [-0.39, 0.29) is 23.5 Å². The van der Waals surface area contributed by atoms with Gasteiger partial charge in [-0.3, -0.25) is 10.1 Å². The van der Waals surface area contributed by atoms with Crippen LogP contribution in [0.1, 0.15) is 26.0 Å². The average molecular weight is 366 g/mol. The van der Waals surface area contributed by atoms with Gasteiger partial charge in [-0.05, 0) is 30.5 Å². The van der Waals surface area contributed by atoms with Crippen molar-refractivity contribution < 1.29 is 18.7 Å². The first-order valence-electron chi connectivity index (χ1n) is 7.88. The Morgan fingerprint density at radius 2 is 2.12 bits per heavy atom. The van der Waals surface area contributed by atoms with Crippen molar-refractivity contribution in [1.29, 1.82) is 0 Å². The Kier molecular flexibility index (Phi) is 6.89. The lowest BCUT2D eigenvalue weighted by Crippen LogP contribution is -2.15. The number of benzene rings is 1. The Morgan fingerprint density at radius 1 is 1.32 bits per heavy atom. The molecule has 0 atom stereocenters. The predicted molar refractivity (Wildman–Crippen MR) is 95.2 cm³/mol. The van der Waals surface area contributed by atoms with Crippen LogP contribution in [-0.2, 0) is 11.3 Å². The normalized spacial score (nSPS) is 10.6. The maximum Gasteiger partial charge on any atom is 0.412 e. The summed E-state index contributed by atoms with van der Waals surface area (Å²) in [6, 6.07) is 7.91. The van der Waals surface area contributed by atoms with Crippen molar-refractivity contribution in [2.45, 2.75) is 26.9 Å². The van der Waals surface area contributed by atoms with Gasteiger partial charge < -0.3 is 13.9 Å². The summed E-state index contributed by atoms with van der Waals surface area (Å²) in [5, 5.41) is 3.02. The largest absolute Gasteiger partial charge is 0.487 e. The Bertz CT molecular complexity index is 772. The van der Waals surface area contributed by atoms with E-state index in [4.69, 9.17) is 25.5 Å². The van der Waals surface area contributed by atoms with Crippen molar-refractivity contribution >= 4 is 23.4 Å². The summed E-state index contributed by atoms with van der Waals surface area (Å²) in [4.78, 5) is 23.7. The summed E-state index contributed by atoms with van der Waals surface area (Å²) in [7, 11) is 0. The Hall–Kier alpha value is -2.47. The molecule has 0 aliphatic heterocycles. The number of hydrogen-bond acceptors (Lipinski definition) is 5. The molecule has 2 aromatic rings. The number of anilines is 1. The van der Waals surface area contributed by atoms with E-state index in [0.29, 0.717) is 23.2 Å². The highest BCUT2D eigenvalue weighted by Crippen LogP contribution is 2.15. The van der Waals surface area contributed by atoms with Crippen molar-refractivity contribution in [2.75, 3.05) is 11.9 Å². The molecule has 134 valence electrons. The van der Waals surface area contributed by atoms with Crippen molar-refractivity contribution in [3.63, 3.8) is 0 Å². The fourth-order valence-electron chi connectivity index (χ4n) is 1.88. The number of rotatable bonds is 7. The van der Waals surface area contributed by atoms with Gasteiger partial charge in [-0.2, -0.15) is 0 Å². The topological polar surface area (TPSA) is 77.8 Å². The second kappa shape index (κ2) is 9.13. The van der Waals surface area contributed by atoms with Gasteiger partial charge in [-0.15, -0.1) is 0 Å². The number of carbonyl (C=O) groups excluding carboxylic acids is 1. The molecule has 0 unspecified atom stereocenters. The quantitative estimate of drug-likeness (QED) is 0.783. The summed E-state index contributed by atoms with van der Waals surface area (Å²) in [6.07, 6.45) is 1.40. The number of hydrogen-bond donors (Lipinski definition) is 1. The molecule has 1 amide bonds. The van der Waals surface area contributed by atoms with E-state index in [9.17, 15) is 9.59 Å². The van der Waals surface area contributed by atoms with Crippen molar-refractivity contribution in [3.05, 3.63) is 57.6 Å². The van der Waals surface area contributed by atoms with E-state index in [1.165, 1.54) is 12.3 Å². The summed E-state index contributed by atoms with van der Waals surface area (Å²) in [5.41, 5.74) is 0.191. The molecule has 0 radical (unpaired) electrons. The van der Waals surface area contributed by atoms with Crippen LogP contribution in [0.3, 0.4) is 0 Å². The zero-order valence-corrected chi connectivity index (χ0v) is 14.8. The Labute approximate surface area is 150 Å². The summed E-state index contributed by atoms with van der Waals surface area (Å²) in [6.45, 7) is 4.41. The highest BCUT2D eigenvalue weighted by molar-refractivity contribution is 6.30. The van der Waals surface area contributed by atoms with Gasteiger partial charge in [0, 0.05) is 16.8 Å². The minimum atomic E-state index is -0.679. The van der Waals surface area contributed by atoms with E-state index in [1.807, 2.05) is 0 Å². The molecule has 6 nitrogen and oxygen atoms in total. The lowest BCUT2D eigenvalue weighted by Gasteiger charge is -2.08. The molecule has 0 saturated heterocycles. The van der Waals surface area contributed by atoms with Gasteiger partial charge in [-0.1, -0.05) is 31.5 Å². The van der Waals surface area contributed by atoms with E-state index < -0.39 is 6.09 Å². The third-order valence-electron chi connectivity index (χ3n) is 3.22. The molecule has 0 fully saturated rings. The van der Waals surface area contributed by atoms with Gasteiger partial charge in [0.1, 0.15) is 12.0 Å². The smallest absolute Gasteiger partial charge is 0.412 e. The first kappa shape index (κ1) is 18.9. The maximum absolute atomic E-state index is 11.9. The summed E-state index contributed by atoms with van der Waals surface area (Å²) in [5.74, 6) is 0.855. The Morgan fingerprint density at radius 3 is 2.80 bits per heavy atom. The average Bonchev–Trinajstić information content (AvgIpc) is 2.54. The maximum atomic E-state index is 11.9. The van der Waals surface area contributed by atoms with Crippen LogP contribution in [0.25, 0.3) is 0 Å². The highest BCUT2D eigenvalue weighted by atomic mass is 35.5. The predicted octanol–water partition coefficient (Wildman–Crippen LogP) is 4.47. The molecule has 2 rings (SSSR count). The molecular weight excluding hydrogens is 346 g/mol. The lowest BCUT2D eigenvalue weighted by atomic mass is 10.1. The molecule has 1 heterocycles. The van der Waals surface area contributed by atoms with E-state index in [0.717, 1.165) is 6.42 Å². The van der Waals surface area contributed by atoms with Gasteiger partial charge in [0.15, 0.2) is 6.61 Å². The van der Waals surface area contributed by atoms with Gasteiger partial charge >= 0.3 is 6.09 Å². The molecule has 1 aromatic heterocycles. The van der Waals surface area contributed by atoms with E-state index >= 15 is 0 Å². The lowest BCUT2D eigenvalue weighted by molar-refractivity contribution is 0.144. The van der Waals surface area contributed by atoms with Crippen LogP contribution in [0.2, 0.25) is 5.02 Å². The number of halogens is 1. The molecule has 0 saturated carbocycles. The second-order valence-electron chi connectivity index (χ2n) is 5.82. The molecule has 0 spiro atoms. The zero-order chi connectivity index (χ0) is 18.2. The SMILES string of the molecule is CC(C)CCOc1coc(COC(=O)Nc2cccc(Cl)c2)cc1=O. The first-order valence-corrected chi connectivity index (χ1v) is 8.25. The second-order valence-corrected chi connectivity index (χ2v) is 6.25. The highest BCUT2D eigenvalue weighted by Gasteiger charge is 2.09. The standard InChI is InChI=1S/C18H20ClNO5/c1-12(2)6-7-23-17-11-24-15(9-16(17)21)10-25-18(22)20-14-5-3-4-13(19)8-14/h3-5,8-9,11-12H,6-7,10H2,1-2H3,(H,20,22). The van der Waals surface area contributed by atoms with E-state index in [1.54, 1.807) is 24.3 Å². The van der Waals surface area contributed by atoms with Crippen molar-refractivity contribution in [3.8, 4) is 5.75 Å². The molecule has 7 heteroatoms.